The molecule has 0 amide bonds. The van der Waals surface area contributed by atoms with Gasteiger partial charge in [-0.2, -0.15) is 0 Å². The van der Waals surface area contributed by atoms with Crippen LogP contribution in [0.4, 0.5) is 10.1 Å². The van der Waals surface area contributed by atoms with Crippen molar-refractivity contribution in [3.63, 3.8) is 0 Å². The van der Waals surface area contributed by atoms with Gasteiger partial charge in [-0.3, -0.25) is 0 Å². The lowest BCUT2D eigenvalue weighted by molar-refractivity contribution is 0.364. The highest BCUT2D eigenvalue weighted by molar-refractivity contribution is 5.48. The molecule has 3 heteroatoms. The van der Waals surface area contributed by atoms with Crippen LogP contribution in [0.2, 0.25) is 0 Å². The van der Waals surface area contributed by atoms with Gasteiger partial charge < -0.3 is 10.2 Å². The highest BCUT2D eigenvalue weighted by Crippen LogP contribution is 2.25. The molecule has 1 saturated heterocycles. The second-order valence-electron chi connectivity index (χ2n) is 4.68. The molecule has 0 spiro atoms. The Balaban J connectivity index is 2.17. The van der Waals surface area contributed by atoms with Crippen molar-refractivity contribution in [1.29, 1.82) is 0 Å². The summed E-state index contributed by atoms with van der Waals surface area (Å²) >= 11 is 0. The van der Waals surface area contributed by atoms with E-state index in [1.54, 1.807) is 6.07 Å². The number of hydrogen-bond donors (Lipinski definition) is 1. The third kappa shape index (κ3) is 2.35. The summed E-state index contributed by atoms with van der Waals surface area (Å²) in [6.07, 6.45) is 1.17. The number of benzene rings is 1. The monoisotopic (exact) mass is 222 g/mol. The van der Waals surface area contributed by atoms with Crippen LogP contribution in [-0.2, 0) is 0 Å². The Morgan fingerprint density at radius 1 is 1.31 bits per heavy atom. The van der Waals surface area contributed by atoms with Crippen molar-refractivity contribution in [2.45, 2.75) is 19.4 Å². The van der Waals surface area contributed by atoms with Crippen LogP contribution >= 0.6 is 0 Å². The molecule has 2 rings (SSSR count). The predicted molar refractivity (Wildman–Crippen MR) is 65.2 cm³/mol. The zero-order valence-electron chi connectivity index (χ0n) is 9.91. The van der Waals surface area contributed by atoms with E-state index >= 15 is 0 Å². The lowest BCUT2D eigenvalue weighted by Gasteiger charge is -2.38. The summed E-state index contributed by atoms with van der Waals surface area (Å²) in [5, 5.41) is 3.29. The smallest absolute Gasteiger partial charge is 0.146 e. The predicted octanol–water partition coefficient (Wildman–Crippen LogP) is 2.26. The lowest BCUT2D eigenvalue weighted by atomic mass is 9.95. The van der Waals surface area contributed by atoms with Gasteiger partial charge in [-0.15, -0.1) is 0 Å². The molecule has 0 radical (unpaired) electrons. The normalized spacial score (nSPS) is 25.8. The Morgan fingerprint density at radius 3 is 2.75 bits per heavy atom. The van der Waals surface area contributed by atoms with Gasteiger partial charge in [0.1, 0.15) is 5.82 Å². The average Bonchev–Trinajstić information content (AvgIpc) is 2.28. The average molecular weight is 222 g/mol. The summed E-state index contributed by atoms with van der Waals surface area (Å²) in [6.45, 7) is 4.05. The molecule has 0 aromatic heterocycles. The topological polar surface area (TPSA) is 15.3 Å². The van der Waals surface area contributed by atoms with Crippen LogP contribution < -0.4 is 10.2 Å². The minimum Gasteiger partial charge on any atom is -0.367 e. The number of piperidine rings is 1. The Hall–Kier alpha value is -1.09. The van der Waals surface area contributed by atoms with Gasteiger partial charge in [-0.1, -0.05) is 19.1 Å². The largest absolute Gasteiger partial charge is 0.367 e. The van der Waals surface area contributed by atoms with Gasteiger partial charge in [0.25, 0.3) is 0 Å². The van der Waals surface area contributed by atoms with Crippen molar-refractivity contribution in [3.05, 3.63) is 30.1 Å². The molecule has 1 aliphatic heterocycles. The Morgan fingerprint density at radius 2 is 2.06 bits per heavy atom. The SMILES string of the molecule is CNC1CC(C)CN(c2ccccc2F)C1. The van der Waals surface area contributed by atoms with Crippen molar-refractivity contribution >= 4 is 5.69 Å². The van der Waals surface area contributed by atoms with E-state index in [0.29, 0.717) is 12.0 Å². The van der Waals surface area contributed by atoms with Gasteiger partial charge >= 0.3 is 0 Å². The minimum atomic E-state index is -0.119. The Kier molecular flexibility index (Phi) is 3.44. The van der Waals surface area contributed by atoms with Crippen LogP contribution in [0.3, 0.4) is 0 Å². The summed E-state index contributed by atoms with van der Waals surface area (Å²) in [5.74, 6) is 0.484. The van der Waals surface area contributed by atoms with Crippen LogP contribution in [0.25, 0.3) is 0 Å². The van der Waals surface area contributed by atoms with E-state index in [0.717, 1.165) is 18.8 Å². The zero-order valence-corrected chi connectivity index (χ0v) is 9.91. The van der Waals surface area contributed by atoms with Crippen LogP contribution in [0.15, 0.2) is 24.3 Å². The van der Waals surface area contributed by atoms with Gasteiger partial charge in [0, 0.05) is 19.1 Å². The first kappa shape index (κ1) is 11.4. The molecule has 1 aromatic rings. The molecule has 16 heavy (non-hydrogen) atoms. The highest BCUT2D eigenvalue weighted by atomic mass is 19.1. The van der Waals surface area contributed by atoms with Gasteiger partial charge in [0.05, 0.1) is 5.69 Å². The molecule has 0 saturated carbocycles. The first-order chi connectivity index (χ1) is 7.70. The number of nitrogens with one attached hydrogen (secondary N) is 1. The van der Waals surface area contributed by atoms with Crippen LogP contribution in [0.5, 0.6) is 0 Å². The van der Waals surface area contributed by atoms with Crippen LogP contribution in [0.1, 0.15) is 13.3 Å². The van der Waals surface area contributed by atoms with E-state index in [1.165, 1.54) is 12.5 Å². The van der Waals surface area contributed by atoms with E-state index in [-0.39, 0.29) is 5.82 Å². The summed E-state index contributed by atoms with van der Waals surface area (Å²) in [7, 11) is 1.97. The Bertz CT molecular complexity index is 354. The summed E-state index contributed by atoms with van der Waals surface area (Å²) in [6, 6.07) is 7.49. The first-order valence-corrected chi connectivity index (χ1v) is 5.87. The zero-order chi connectivity index (χ0) is 11.5. The highest BCUT2D eigenvalue weighted by Gasteiger charge is 2.24. The standard InChI is InChI=1S/C13H19FN2/c1-10-7-11(15-2)9-16(8-10)13-6-4-3-5-12(13)14/h3-6,10-11,15H,7-9H2,1-2H3. The van der Waals surface area contributed by atoms with E-state index in [9.17, 15) is 4.39 Å². The maximum atomic E-state index is 13.7. The van der Waals surface area contributed by atoms with Gasteiger partial charge in [-0.05, 0) is 31.5 Å². The quantitative estimate of drug-likeness (QED) is 0.825. The molecule has 1 heterocycles. The minimum absolute atomic E-state index is 0.119. The fraction of sp³-hybridized carbons (Fsp3) is 0.538. The van der Waals surface area contributed by atoms with Crippen LogP contribution in [0, 0.1) is 11.7 Å². The third-order valence-electron chi connectivity index (χ3n) is 3.26. The number of likely N-dealkylation sites (N-methyl/N-ethyl adjacent to an activating group) is 1. The molecule has 2 nitrogen and oxygen atoms in total. The number of para-hydroxylation sites is 1. The van der Waals surface area contributed by atoms with E-state index in [2.05, 4.69) is 17.1 Å². The summed E-state index contributed by atoms with van der Waals surface area (Å²) < 4.78 is 13.7. The van der Waals surface area contributed by atoms with Crippen molar-refractivity contribution in [2.75, 3.05) is 25.0 Å². The Labute approximate surface area is 96.5 Å². The second kappa shape index (κ2) is 4.83. The van der Waals surface area contributed by atoms with Crippen molar-refractivity contribution in [1.82, 2.24) is 5.32 Å². The maximum absolute atomic E-state index is 13.7. The lowest BCUT2D eigenvalue weighted by Crippen LogP contribution is -2.48. The number of anilines is 1. The number of hydrogen-bond acceptors (Lipinski definition) is 2. The van der Waals surface area contributed by atoms with Crippen LogP contribution in [-0.4, -0.2) is 26.2 Å². The van der Waals surface area contributed by atoms with Gasteiger partial charge in [0.2, 0.25) is 0 Å². The fourth-order valence-corrected chi connectivity index (χ4v) is 2.47. The molecule has 2 unspecified atom stereocenters. The van der Waals surface area contributed by atoms with Crippen molar-refractivity contribution in [3.8, 4) is 0 Å². The second-order valence-corrected chi connectivity index (χ2v) is 4.68. The molecular formula is C13H19FN2. The first-order valence-electron chi connectivity index (χ1n) is 5.87. The van der Waals surface area contributed by atoms with E-state index in [1.807, 2.05) is 19.2 Å². The molecule has 1 aliphatic rings. The molecule has 0 bridgehead atoms. The number of nitrogens with zero attached hydrogens (tertiary/aromatic N) is 1. The van der Waals surface area contributed by atoms with Gasteiger partial charge in [-0.25, -0.2) is 4.39 Å². The molecule has 1 fully saturated rings. The molecule has 2 atom stereocenters. The molecule has 1 aromatic carbocycles. The maximum Gasteiger partial charge on any atom is 0.146 e. The molecule has 1 N–H and O–H groups in total. The van der Waals surface area contributed by atoms with E-state index < -0.39 is 0 Å². The van der Waals surface area contributed by atoms with Crippen molar-refractivity contribution < 1.29 is 4.39 Å². The number of rotatable bonds is 2. The molecule has 88 valence electrons. The summed E-state index contributed by atoms with van der Waals surface area (Å²) in [4.78, 5) is 2.14. The summed E-state index contributed by atoms with van der Waals surface area (Å²) in [5.41, 5.74) is 0.731. The fourth-order valence-electron chi connectivity index (χ4n) is 2.47. The van der Waals surface area contributed by atoms with Gasteiger partial charge in [0.15, 0.2) is 0 Å². The number of halogens is 1. The van der Waals surface area contributed by atoms with E-state index in [4.69, 9.17) is 0 Å². The third-order valence-corrected chi connectivity index (χ3v) is 3.26. The van der Waals surface area contributed by atoms with Crippen molar-refractivity contribution in [2.24, 2.45) is 5.92 Å². The molecule has 0 aliphatic carbocycles. The molecular weight excluding hydrogens is 203 g/mol.